The Hall–Kier alpha value is -1.09. The molecule has 0 atom stereocenters. The molecule has 0 aromatic carbocycles. The Morgan fingerprint density at radius 2 is 2.00 bits per heavy atom. The third kappa shape index (κ3) is 12.0. The van der Waals surface area contributed by atoms with Crippen molar-refractivity contribution in [2.24, 2.45) is 10.9 Å². The summed E-state index contributed by atoms with van der Waals surface area (Å²) in [7, 11) is 1.76. The molecule has 1 rings (SSSR count). The summed E-state index contributed by atoms with van der Waals surface area (Å²) in [4.78, 5) is 8.49. The first-order valence-corrected chi connectivity index (χ1v) is 8.75. The van der Waals surface area contributed by atoms with Gasteiger partial charge in [-0.15, -0.1) is 24.0 Å². The minimum absolute atomic E-state index is 0. The van der Waals surface area contributed by atoms with Crippen molar-refractivity contribution in [3.05, 3.63) is 23.9 Å². The van der Waals surface area contributed by atoms with Gasteiger partial charge in [0, 0.05) is 39.0 Å². The lowest BCUT2D eigenvalue weighted by molar-refractivity contribution is 0.128. The molecule has 0 saturated heterocycles. The van der Waals surface area contributed by atoms with Crippen LogP contribution < -0.4 is 15.4 Å². The number of hydrogen-bond acceptors (Lipinski definition) is 4. The zero-order valence-electron chi connectivity index (χ0n) is 15.9. The van der Waals surface area contributed by atoms with Gasteiger partial charge in [0.1, 0.15) is 0 Å². The maximum atomic E-state index is 5.58. The summed E-state index contributed by atoms with van der Waals surface area (Å²) >= 11 is 0. The Bertz CT molecular complexity index is 467. The molecule has 1 aromatic rings. The topological polar surface area (TPSA) is 67.8 Å². The highest BCUT2D eigenvalue weighted by Gasteiger charge is 2.00. The number of ether oxygens (including phenoxy) is 2. The van der Waals surface area contributed by atoms with Gasteiger partial charge >= 0.3 is 0 Å². The maximum absolute atomic E-state index is 5.58. The molecule has 0 amide bonds. The van der Waals surface area contributed by atoms with Crippen LogP contribution in [0.15, 0.2) is 23.3 Å². The van der Waals surface area contributed by atoms with Gasteiger partial charge in [-0.1, -0.05) is 26.8 Å². The molecular weight excluding hydrogens is 431 g/mol. The number of aromatic nitrogens is 1. The Labute approximate surface area is 169 Å². The van der Waals surface area contributed by atoms with Crippen LogP contribution in [0.5, 0.6) is 5.88 Å². The second-order valence-electron chi connectivity index (χ2n) is 6.00. The van der Waals surface area contributed by atoms with Gasteiger partial charge in [-0.25, -0.2) is 4.98 Å². The van der Waals surface area contributed by atoms with E-state index in [9.17, 15) is 0 Å². The van der Waals surface area contributed by atoms with Crippen LogP contribution in [-0.2, 0) is 11.3 Å². The van der Waals surface area contributed by atoms with Crippen molar-refractivity contribution in [1.82, 2.24) is 15.6 Å². The van der Waals surface area contributed by atoms with E-state index >= 15 is 0 Å². The van der Waals surface area contributed by atoms with E-state index in [4.69, 9.17) is 9.47 Å². The molecule has 0 aliphatic rings. The molecule has 1 heterocycles. The molecule has 0 radical (unpaired) electrons. The average molecular weight is 464 g/mol. The fourth-order valence-electron chi connectivity index (χ4n) is 1.88. The molecular formula is C18H33IN4O2. The van der Waals surface area contributed by atoms with Gasteiger partial charge < -0.3 is 20.1 Å². The van der Waals surface area contributed by atoms with E-state index in [1.807, 2.05) is 18.3 Å². The largest absolute Gasteiger partial charge is 0.478 e. The molecule has 25 heavy (non-hydrogen) atoms. The number of halogens is 1. The van der Waals surface area contributed by atoms with Crippen molar-refractivity contribution in [2.45, 2.75) is 40.2 Å². The van der Waals surface area contributed by atoms with Crippen LogP contribution in [0.3, 0.4) is 0 Å². The molecule has 0 fully saturated rings. The van der Waals surface area contributed by atoms with Crippen LogP contribution in [0.25, 0.3) is 0 Å². The molecule has 1 aromatic heterocycles. The minimum atomic E-state index is 0. The quantitative estimate of drug-likeness (QED) is 0.228. The van der Waals surface area contributed by atoms with Crippen molar-refractivity contribution in [1.29, 1.82) is 0 Å². The van der Waals surface area contributed by atoms with E-state index in [1.165, 1.54) is 0 Å². The van der Waals surface area contributed by atoms with Crippen LogP contribution in [0.1, 0.15) is 39.2 Å². The van der Waals surface area contributed by atoms with E-state index in [1.54, 1.807) is 7.05 Å². The van der Waals surface area contributed by atoms with Crippen molar-refractivity contribution < 1.29 is 9.47 Å². The Morgan fingerprint density at radius 3 is 2.60 bits per heavy atom. The molecule has 0 saturated carbocycles. The summed E-state index contributed by atoms with van der Waals surface area (Å²) in [5.74, 6) is 2.11. The number of pyridine rings is 1. The van der Waals surface area contributed by atoms with Crippen LogP contribution in [0.4, 0.5) is 0 Å². The predicted octanol–water partition coefficient (Wildman–Crippen LogP) is 3.22. The monoisotopic (exact) mass is 464 g/mol. The zero-order valence-corrected chi connectivity index (χ0v) is 18.2. The molecule has 2 N–H and O–H groups in total. The van der Waals surface area contributed by atoms with Gasteiger partial charge in [0.05, 0.1) is 13.2 Å². The number of guanidine groups is 1. The molecule has 0 bridgehead atoms. The first-order valence-electron chi connectivity index (χ1n) is 8.75. The van der Waals surface area contributed by atoms with E-state index in [-0.39, 0.29) is 24.0 Å². The Balaban J connectivity index is 0.00000576. The Morgan fingerprint density at radius 1 is 1.20 bits per heavy atom. The summed E-state index contributed by atoms with van der Waals surface area (Å²) in [5.41, 5.74) is 1.08. The highest BCUT2D eigenvalue weighted by Crippen LogP contribution is 2.07. The molecule has 0 aliphatic heterocycles. The molecule has 7 heteroatoms. The standard InChI is InChI=1S/C18H32N4O2.HI/c1-5-10-24-17-7-6-16(13-21-17)14-22-18(19-4)20-9-12-23-11-8-15(2)3;/h6-7,13,15H,5,8-12,14H2,1-4H3,(H2,19,20,22);1H. The number of nitrogens with zero attached hydrogens (tertiary/aromatic N) is 2. The smallest absolute Gasteiger partial charge is 0.213 e. The molecule has 0 spiro atoms. The van der Waals surface area contributed by atoms with Crippen molar-refractivity contribution in [3.8, 4) is 5.88 Å². The summed E-state index contributed by atoms with van der Waals surface area (Å²) in [6, 6.07) is 3.90. The van der Waals surface area contributed by atoms with Gasteiger partial charge in [0.25, 0.3) is 0 Å². The fourth-order valence-corrected chi connectivity index (χ4v) is 1.88. The van der Waals surface area contributed by atoms with Gasteiger partial charge in [-0.05, 0) is 24.3 Å². The Kier molecular flexibility index (Phi) is 14.5. The second kappa shape index (κ2) is 15.2. The first-order chi connectivity index (χ1) is 11.7. The van der Waals surface area contributed by atoms with E-state index in [0.29, 0.717) is 31.6 Å². The van der Waals surface area contributed by atoms with E-state index in [2.05, 4.69) is 41.4 Å². The number of aliphatic imine (C=N–C) groups is 1. The highest BCUT2D eigenvalue weighted by molar-refractivity contribution is 14.0. The number of hydrogen-bond donors (Lipinski definition) is 2. The first kappa shape index (κ1) is 23.9. The number of nitrogens with one attached hydrogen (secondary N) is 2. The lowest BCUT2D eigenvalue weighted by Gasteiger charge is -2.12. The SMILES string of the molecule is CCCOc1ccc(CNC(=NC)NCCOCCC(C)C)cn1.I. The third-order valence-electron chi connectivity index (χ3n) is 3.31. The van der Waals surface area contributed by atoms with E-state index < -0.39 is 0 Å². The second-order valence-corrected chi connectivity index (χ2v) is 6.00. The zero-order chi connectivity index (χ0) is 17.6. The summed E-state index contributed by atoms with van der Waals surface area (Å²) in [6.45, 7) is 10.1. The van der Waals surface area contributed by atoms with Crippen molar-refractivity contribution in [3.63, 3.8) is 0 Å². The van der Waals surface area contributed by atoms with Crippen LogP contribution in [0.2, 0.25) is 0 Å². The average Bonchev–Trinajstić information content (AvgIpc) is 2.59. The van der Waals surface area contributed by atoms with Crippen molar-refractivity contribution >= 4 is 29.9 Å². The molecule has 144 valence electrons. The minimum Gasteiger partial charge on any atom is -0.478 e. The van der Waals surface area contributed by atoms with Gasteiger partial charge in [-0.3, -0.25) is 4.99 Å². The third-order valence-corrected chi connectivity index (χ3v) is 3.31. The maximum Gasteiger partial charge on any atom is 0.213 e. The molecule has 6 nitrogen and oxygen atoms in total. The molecule has 0 aliphatic carbocycles. The van der Waals surface area contributed by atoms with Crippen LogP contribution in [0, 0.1) is 5.92 Å². The predicted molar refractivity (Wildman–Crippen MR) is 114 cm³/mol. The number of rotatable bonds is 11. The van der Waals surface area contributed by atoms with Crippen LogP contribution in [-0.4, -0.2) is 44.4 Å². The summed E-state index contributed by atoms with van der Waals surface area (Å²) in [5, 5.41) is 6.50. The highest BCUT2D eigenvalue weighted by atomic mass is 127. The lowest BCUT2D eigenvalue weighted by Crippen LogP contribution is -2.38. The van der Waals surface area contributed by atoms with Gasteiger partial charge in [-0.2, -0.15) is 0 Å². The van der Waals surface area contributed by atoms with Crippen molar-refractivity contribution in [2.75, 3.05) is 33.4 Å². The molecule has 0 unspecified atom stereocenters. The lowest BCUT2D eigenvalue weighted by atomic mass is 10.1. The van der Waals surface area contributed by atoms with Gasteiger partial charge in [0.15, 0.2) is 5.96 Å². The normalized spacial score (nSPS) is 11.2. The fraction of sp³-hybridized carbons (Fsp3) is 0.667. The van der Waals surface area contributed by atoms with E-state index in [0.717, 1.165) is 37.5 Å². The summed E-state index contributed by atoms with van der Waals surface area (Å²) < 4.78 is 11.1. The summed E-state index contributed by atoms with van der Waals surface area (Å²) in [6.07, 6.45) is 3.90. The van der Waals surface area contributed by atoms with Crippen LogP contribution >= 0.6 is 24.0 Å². The van der Waals surface area contributed by atoms with Gasteiger partial charge in [0.2, 0.25) is 5.88 Å².